The van der Waals surface area contributed by atoms with Crippen LogP contribution < -0.4 is 15.0 Å². The first-order valence-electron chi connectivity index (χ1n) is 10.5. The maximum atomic E-state index is 13.2. The Morgan fingerprint density at radius 3 is 2.61 bits per heavy atom. The van der Waals surface area contributed by atoms with E-state index in [4.69, 9.17) is 14.7 Å². The van der Waals surface area contributed by atoms with Crippen molar-refractivity contribution in [3.63, 3.8) is 0 Å². The molecule has 8 heteroatoms. The molecular formula is C25H26FN3O4. The molecule has 0 aliphatic carbocycles. The molecule has 2 aromatic carbocycles. The van der Waals surface area contributed by atoms with E-state index in [1.54, 1.807) is 68.1 Å². The van der Waals surface area contributed by atoms with Gasteiger partial charge < -0.3 is 19.7 Å². The van der Waals surface area contributed by atoms with Crippen molar-refractivity contribution in [1.29, 1.82) is 5.26 Å². The van der Waals surface area contributed by atoms with Gasteiger partial charge in [-0.3, -0.25) is 4.79 Å². The minimum atomic E-state index is -0.642. The van der Waals surface area contributed by atoms with Crippen molar-refractivity contribution in [2.45, 2.75) is 32.8 Å². The van der Waals surface area contributed by atoms with Crippen LogP contribution in [0.4, 0.5) is 14.9 Å². The van der Waals surface area contributed by atoms with Crippen molar-refractivity contribution in [3.8, 4) is 11.8 Å². The molecule has 0 bridgehead atoms. The third-order valence-corrected chi connectivity index (χ3v) is 4.90. The molecular weight excluding hydrogens is 425 g/mol. The molecule has 1 N–H and O–H groups in total. The highest BCUT2D eigenvalue weighted by Crippen LogP contribution is 2.27. The van der Waals surface area contributed by atoms with E-state index in [-0.39, 0.29) is 24.6 Å². The first-order chi connectivity index (χ1) is 15.7. The van der Waals surface area contributed by atoms with Gasteiger partial charge in [0, 0.05) is 29.9 Å². The molecule has 2 aromatic rings. The number of carbonyl (C=O) groups is 2. The lowest BCUT2D eigenvalue weighted by atomic mass is 9.98. The predicted octanol–water partition coefficient (Wildman–Crippen LogP) is 4.52. The molecule has 33 heavy (non-hydrogen) atoms. The molecule has 0 atom stereocenters. The highest BCUT2D eigenvalue weighted by atomic mass is 19.1. The van der Waals surface area contributed by atoms with E-state index in [2.05, 4.69) is 11.4 Å². The van der Waals surface area contributed by atoms with Gasteiger partial charge in [-0.25, -0.2) is 9.18 Å². The topological polar surface area (TPSA) is 91.7 Å². The number of anilines is 1. The van der Waals surface area contributed by atoms with Gasteiger partial charge in [0.15, 0.2) is 0 Å². The van der Waals surface area contributed by atoms with E-state index < -0.39 is 11.7 Å². The minimum absolute atomic E-state index is 0.0472. The van der Waals surface area contributed by atoms with Crippen LogP contribution in [0.25, 0.3) is 0 Å². The summed E-state index contributed by atoms with van der Waals surface area (Å²) in [5.41, 5.74) is 2.29. The molecule has 1 aliphatic rings. The average molecular weight is 451 g/mol. The van der Waals surface area contributed by atoms with Crippen LogP contribution in [0.2, 0.25) is 0 Å². The summed E-state index contributed by atoms with van der Waals surface area (Å²) in [5, 5.41) is 11.4. The number of amides is 2. The third-order valence-electron chi connectivity index (χ3n) is 4.90. The summed E-state index contributed by atoms with van der Waals surface area (Å²) in [4.78, 5) is 26.4. The van der Waals surface area contributed by atoms with Crippen LogP contribution in [0, 0.1) is 11.3 Å². The van der Waals surface area contributed by atoms with E-state index in [0.29, 0.717) is 36.2 Å². The highest BCUT2D eigenvalue weighted by molar-refractivity contribution is 6.08. The Morgan fingerprint density at radius 1 is 1.24 bits per heavy atom. The van der Waals surface area contributed by atoms with Gasteiger partial charge in [-0.2, -0.15) is 5.26 Å². The molecule has 1 heterocycles. The van der Waals surface area contributed by atoms with Gasteiger partial charge in [0.2, 0.25) is 0 Å². The molecule has 0 spiro atoms. The van der Waals surface area contributed by atoms with Crippen LogP contribution in [-0.4, -0.2) is 37.3 Å². The molecule has 0 radical (unpaired) electrons. The molecule has 7 nitrogen and oxygen atoms in total. The van der Waals surface area contributed by atoms with Crippen molar-refractivity contribution in [2.75, 3.05) is 24.6 Å². The first-order valence-corrected chi connectivity index (χ1v) is 10.5. The quantitative estimate of drug-likeness (QED) is 0.697. The molecule has 172 valence electrons. The Bertz CT molecular complexity index is 1100. The predicted molar refractivity (Wildman–Crippen MR) is 122 cm³/mol. The number of hydrogen-bond donors (Lipinski definition) is 1. The van der Waals surface area contributed by atoms with E-state index >= 15 is 0 Å². The number of nitriles is 1. The molecule has 0 aromatic heterocycles. The Morgan fingerprint density at radius 2 is 1.97 bits per heavy atom. The van der Waals surface area contributed by atoms with Crippen LogP contribution in [0.15, 0.2) is 54.4 Å². The number of nitrogens with zero attached hydrogens (tertiary/aromatic N) is 2. The van der Waals surface area contributed by atoms with Crippen LogP contribution in [-0.2, 0) is 11.2 Å². The van der Waals surface area contributed by atoms with Gasteiger partial charge in [0.05, 0.1) is 18.0 Å². The number of halogens is 1. The molecule has 0 fully saturated rings. The van der Waals surface area contributed by atoms with Gasteiger partial charge in [-0.05, 0) is 75.2 Å². The van der Waals surface area contributed by atoms with E-state index in [0.717, 1.165) is 11.3 Å². The Kier molecular flexibility index (Phi) is 7.34. The zero-order valence-electron chi connectivity index (χ0n) is 18.9. The third kappa shape index (κ3) is 6.32. The number of nitrogens with one attached hydrogen (secondary N) is 1. The summed E-state index contributed by atoms with van der Waals surface area (Å²) in [6.07, 6.45) is 0.389. The molecule has 0 saturated carbocycles. The Balaban J connectivity index is 1.60. The molecule has 0 saturated heterocycles. The minimum Gasteiger partial charge on any atom is -0.489 e. The summed E-state index contributed by atoms with van der Waals surface area (Å²) in [5.74, 6) is 0.378. The van der Waals surface area contributed by atoms with Crippen LogP contribution in [0.1, 0.15) is 42.3 Å². The van der Waals surface area contributed by atoms with Crippen molar-refractivity contribution >= 4 is 17.7 Å². The number of hydrogen-bond acceptors (Lipinski definition) is 5. The zero-order chi connectivity index (χ0) is 24.0. The summed E-state index contributed by atoms with van der Waals surface area (Å²) in [7, 11) is 0. The maximum absolute atomic E-state index is 13.2. The van der Waals surface area contributed by atoms with Crippen LogP contribution >= 0.6 is 0 Å². The number of benzene rings is 2. The fourth-order valence-corrected chi connectivity index (χ4v) is 3.31. The summed E-state index contributed by atoms with van der Waals surface area (Å²) in [6.45, 7) is 5.62. The SMILES string of the molecule is CC(C)(C)OC(=O)NC/C(=C/F)COc1ccc2c(c1)CCN(c1ccc(C#N)cc1)C2=O. The van der Waals surface area contributed by atoms with Gasteiger partial charge in [0.25, 0.3) is 5.91 Å². The van der Waals surface area contributed by atoms with Gasteiger partial charge >= 0.3 is 6.09 Å². The number of ether oxygens (including phenoxy) is 2. The number of fused-ring (bicyclic) bond motifs is 1. The summed E-state index contributed by atoms with van der Waals surface area (Å²) < 4.78 is 24.0. The van der Waals surface area contributed by atoms with Crippen molar-refractivity contribution < 1.29 is 23.5 Å². The van der Waals surface area contributed by atoms with Crippen molar-refractivity contribution in [3.05, 3.63) is 71.1 Å². The lowest BCUT2D eigenvalue weighted by Crippen LogP contribution is -2.37. The van der Waals surface area contributed by atoms with Gasteiger partial charge in [-0.15, -0.1) is 0 Å². The molecule has 3 rings (SSSR count). The number of rotatable bonds is 6. The number of alkyl carbamates (subject to hydrolysis) is 1. The lowest BCUT2D eigenvalue weighted by Gasteiger charge is -2.29. The lowest BCUT2D eigenvalue weighted by molar-refractivity contribution is 0.0531. The Hall–Kier alpha value is -3.86. The van der Waals surface area contributed by atoms with Crippen LogP contribution in [0.5, 0.6) is 5.75 Å². The van der Waals surface area contributed by atoms with E-state index in [9.17, 15) is 14.0 Å². The van der Waals surface area contributed by atoms with Crippen LogP contribution in [0.3, 0.4) is 0 Å². The average Bonchev–Trinajstić information content (AvgIpc) is 2.78. The fraction of sp³-hybridized carbons (Fsp3) is 0.320. The Labute approximate surface area is 192 Å². The first kappa shape index (κ1) is 23.8. The normalized spacial score (nSPS) is 13.7. The second kappa shape index (κ2) is 10.2. The summed E-state index contributed by atoms with van der Waals surface area (Å²) in [6, 6.07) is 14.1. The monoisotopic (exact) mass is 451 g/mol. The molecule has 1 aliphatic heterocycles. The van der Waals surface area contributed by atoms with E-state index in [1.165, 1.54) is 0 Å². The maximum Gasteiger partial charge on any atom is 0.407 e. The second-order valence-corrected chi connectivity index (χ2v) is 8.60. The highest BCUT2D eigenvalue weighted by Gasteiger charge is 2.26. The molecule has 2 amide bonds. The van der Waals surface area contributed by atoms with Crippen molar-refractivity contribution in [2.24, 2.45) is 0 Å². The number of carbonyl (C=O) groups excluding carboxylic acids is 2. The zero-order valence-corrected chi connectivity index (χ0v) is 18.9. The van der Waals surface area contributed by atoms with Gasteiger partial charge in [0.1, 0.15) is 18.0 Å². The van der Waals surface area contributed by atoms with Gasteiger partial charge in [-0.1, -0.05) is 0 Å². The van der Waals surface area contributed by atoms with E-state index in [1.807, 2.05) is 0 Å². The smallest absolute Gasteiger partial charge is 0.407 e. The standard InChI is InChI=1S/C25H26FN3O4/c1-25(2,3)33-24(31)28-15-18(13-26)16-32-21-8-9-22-19(12-21)10-11-29(23(22)30)20-6-4-17(14-27)5-7-20/h4-9,12-13H,10-11,15-16H2,1-3H3,(H,28,31)/b18-13-. The fourth-order valence-electron chi connectivity index (χ4n) is 3.31. The molecule has 0 unspecified atom stereocenters. The largest absolute Gasteiger partial charge is 0.489 e. The second-order valence-electron chi connectivity index (χ2n) is 8.60. The van der Waals surface area contributed by atoms with Crippen molar-refractivity contribution in [1.82, 2.24) is 5.32 Å². The summed E-state index contributed by atoms with van der Waals surface area (Å²) >= 11 is 0.